The number of benzene rings is 1. The summed E-state index contributed by atoms with van der Waals surface area (Å²) in [5, 5.41) is 0. The number of hydrogen-bond acceptors (Lipinski definition) is 2. The maximum atomic E-state index is 12.8. The molecule has 1 aliphatic heterocycles. The molecule has 1 amide bonds. The van der Waals surface area contributed by atoms with Gasteiger partial charge in [0.15, 0.2) is 0 Å². The number of carbonyl (C=O) groups is 1. The summed E-state index contributed by atoms with van der Waals surface area (Å²) < 4.78 is 0. The molecule has 2 aliphatic rings. The maximum Gasteiger partial charge on any atom is 0.270 e. The van der Waals surface area contributed by atoms with Gasteiger partial charge in [0.25, 0.3) is 5.91 Å². The highest BCUT2D eigenvalue weighted by Crippen LogP contribution is 2.33. The first-order chi connectivity index (χ1) is 11.7. The maximum absolute atomic E-state index is 12.8. The molecular formula is C20H25N3O. The zero-order chi connectivity index (χ0) is 16.5. The first-order valence-corrected chi connectivity index (χ1v) is 8.94. The van der Waals surface area contributed by atoms with E-state index in [1.54, 1.807) is 0 Å². The molecule has 0 spiro atoms. The second-order valence-corrected chi connectivity index (χ2v) is 7.13. The number of nitrogens with one attached hydrogen (secondary N) is 1. The number of carbonyl (C=O) groups excluding carboxylic acids is 1. The third-order valence-corrected chi connectivity index (χ3v) is 5.49. The molecule has 1 aromatic heterocycles. The van der Waals surface area contributed by atoms with Gasteiger partial charge in [0, 0.05) is 31.9 Å². The SMILES string of the molecule is CN1CCN(C(=O)c2cc3c([nH]2)CCC(c2ccccc2)C3)CC1. The monoisotopic (exact) mass is 323 g/mol. The standard InChI is InChI=1S/C20H25N3O/c1-22-9-11-23(12-10-22)20(24)19-14-17-13-16(7-8-18(17)21-19)15-5-3-2-4-6-15/h2-6,14,16,21H,7-13H2,1H3. The number of aromatic nitrogens is 1. The zero-order valence-electron chi connectivity index (χ0n) is 14.3. The molecule has 1 N–H and O–H groups in total. The summed E-state index contributed by atoms with van der Waals surface area (Å²) in [6.45, 7) is 3.57. The van der Waals surface area contributed by atoms with Crippen molar-refractivity contribution < 1.29 is 4.79 Å². The first kappa shape index (κ1) is 15.5. The van der Waals surface area contributed by atoms with E-state index < -0.39 is 0 Å². The summed E-state index contributed by atoms with van der Waals surface area (Å²) in [7, 11) is 2.11. The minimum atomic E-state index is 0.161. The van der Waals surface area contributed by atoms with E-state index in [-0.39, 0.29) is 5.91 Å². The van der Waals surface area contributed by atoms with Crippen LogP contribution in [-0.2, 0) is 12.8 Å². The fourth-order valence-corrected chi connectivity index (χ4v) is 3.94. The minimum Gasteiger partial charge on any atom is -0.354 e. The fraction of sp³-hybridized carbons (Fsp3) is 0.450. The van der Waals surface area contributed by atoms with Crippen LogP contribution in [0.1, 0.15) is 39.6 Å². The van der Waals surface area contributed by atoms with Crippen molar-refractivity contribution in [2.24, 2.45) is 0 Å². The number of piperazine rings is 1. The van der Waals surface area contributed by atoms with Crippen LogP contribution in [-0.4, -0.2) is 53.9 Å². The Balaban J connectivity index is 1.49. The van der Waals surface area contributed by atoms with Crippen LogP contribution in [0.25, 0.3) is 0 Å². The molecule has 126 valence electrons. The highest BCUT2D eigenvalue weighted by atomic mass is 16.2. The van der Waals surface area contributed by atoms with Gasteiger partial charge in [0.2, 0.25) is 0 Å². The highest BCUT2D eigenvalue weighted by molar-refractivity contribution is 5.93. The Labute approximate surface area is 143 Å². The molecule has 4 heteroatoms. The quantitative estimate of drug-likeness (QED) is 0.923. The Morgan fingerprint density at radius 2 is 1.88 bits per heavy atom. The average molecular weight is 323 g/mol. The third-order valence-electron chi connectivity index (χ3n) is 5.49. The van der Waals surface area contributed by atoms with E-state index in [4.69, 9.17) is 0 Å². The van der Waals surface area contributed by atoms with Crippen LogP contribution in [0.4, 0.5) is 0 Å². The number of rotatable bonds is 2. The lowest BCUT2D eigenvalue weighted by molar-refractivity contribution is 0.0658. The van der Waals surface area contributed by atoms with Crippen molar-refractivity contribution in [2.45, 2.75) is 25.2 Å². The molecule has 0 saturated carbocycles. The molecule has 0 bridgehead atoms. The summed E-state index contributed by atoms with van der Waals surface area (Å²) in [5.74, 6) is 0.731. The van der Waals surface area contributed by atoms with Crippen LogP contribution in [0.3, 0.4) is 0 Å². The van der Waals surface area contributed by atoms with Crippen LogP contribution in [0.2, 0.25) is 0 Å². The molecular weight excluding hydrogens is 298 g/mol. The summed E-state index contributed by atoms with van der Waals surface area (Å²) >= 11 is 0. The highest BCUT2D eigenvalue weighted by Gasteiger charge is 2.26. The molecule has 1 atom stereocenters. The van der Waals surface area contributed by atoms with E-state index >= 15 is 0 Å². The van der Waals surface area contributed by atoms with Gasteiger partial charge >= 0.3 is 0 Å². The Hall–Kier alpha value is -2.07. The molecule has 1 fully saturated rings. The van der Waals surface area contributed by atoms with Gasteiger partial charge in [-0.05, 0) is 49.4 Å². The molecule has 1 saturated heterocycles. The Bertz CT molecular complexity index is 714. The zero-order valence-corrected chi connectivity index (χ0v) is 14.3. The smallest absolute Gasteiger partial charge is 0.270 e. The van der Waals surface area contributed by atoms with Crippen LogP contribution >= 0.6 is 0 Å². The van der Waals surface area contributed by atoms with Crippen molar-refractivity contribution in [3.8, 4) is 0 Å². The number of likely N-dealkylation sites (N-methyl/N-ethyl adjacent to an activating group) is 1. The van der Waals surface area contributed by atoms with E-state index in [0.29, 0.717) is 5.92 Å². The number of nitrogens with zero attached hydrogens (tertiary/aromatic N) is 2. The van der Waals surface area contributed by atoms with E-state index in [2.05, 4.69) is 53.3 Å². The van der Waals surface area contributed by atoms with E-state index in [1.165, 1.54) is 16.8 Å². The van der Waals surface area contributed by atoms with Crippen LogP contribution in [0.15, 0.2) is 36.4 Å². The Morgan fingerprint density at radius 1 is 1.12 bits per heavy atom. The first-order valence-electron chi connectivity index (χ1n) is 8.94. The minimum absolute atomic E-state index is 0.161. The van der Waals surface area contributed by atoms with Crippen molar-refractivity contribution in [1.82, 2.24) is 14.8 Å². The molecule has 0 radical (unpaired) electrons. The van der Waals surface area contributed by atoms with Gasteiger partial charge in [-0.1, -0.05) is 30.3 Å². The van der Waals surface area contributed by atoms with Gasteiger partial charge in [-0.2, -0.15) is 0 Å². The van der Waals surface area contributed by atoms with E-state index in [9.17, 15) is 4.79 Å². The summed E-state index contributed by atoms with van der Waals surface area (Å²) in [6.07, 6.45) is 3.22. The fourth-order valence-electron chi connectivity index (χ4n) is 3.94. The normalized spacial score (nSPS) is 21.5. The number of aryl methyl sites for hydroxylation is 1. The number of H-pyrrole nitrogens is 1. The number of hydrogen-bond donors (Lipinski definition) is 1. The summed E-state index contributed by atoms with van der Waals surface area (Å²) in [4.78, 5) is 20.4. The van der Waals surface area contributed by atoms with Gasteiger partial charge in [0.1, 0.15) is 5.69 Å². The lowest BCUT2D eigenvalue weighted by atomic mass is 9.83. The topological polar surface area (TPSA) is 39.3 Å². The van der Waals surface area contributed by atoms with Crippen molar-refractivity contribution >= 4 is 5.91 Å². The summed E-state index contributed by atoms with van der Waals surface area (Å²) in [5.41, 5.74) is 4.78. The van der Waals surface area contributed by atoms with Crippen LogP contribution in [0, 0.1) is 0 Å². The third kappa shape index (κ3) is 2.98. The molecule has 4 rings (SSSR count). The van der Waals surface area contributed by atoms with Gasteiger partial charge in [-0.3, -0.25) is 4.79 Å². The molecule has 1 aliphatic carbocycles. The van der Waals surface area contributed by atoms with Crippen molar-refractivity contribution in [3.63, 3.8) is 0 Å². The van der Waals surface area contributed by atoms with Crippen LogP contribution in [0.5, 0.6) is 0 Å². The average Bonchev–Trinajstić information content (AvgIpc) is 3.06. The molecule has 1 unspecified atom stereocenters. The second kappa shape index (κ2) is 6.44. The van der Waals surface area contributed by atoms with Crippen molar-refractivity contribution in [3.05, 3.63) is 58.9 Å². The molecule has 24 heavy (non-hydrogen) atoms. The van der Waals surface area contributed by atoms with Gasteiger partial charge in [-0.15, -0.1) is 0 Å². The summed E-state index contributed by atoms with van der Waals surface area (Å²) in [6, 6.07) is 12.8. The van der Waals surface area contributed by atoms with Crippen molar-refractivity contribution in [2.75, 3.05) is 33.2 Å². The predicted molar refractivity (Wildman–Crippen MR) is 95.4 cm³/mol. The van der Waals surface area contributed by atoms with Gasteiger partial charge < -0.3 is 14.8 Å². The molecule has 4 nitrogen and oxygen atoms in total. The lowest BCUT2D eigenvalue weighted by Gasteiger charge is -2.32. The number of aromatic amines is 1. The molecule has 2 aromatic rings. The molecule has 2 heterocycles. The van der Waals surface area contributed by atoms with E-state index in [1.807, 2.05) is 4.90 Å². The lowest BCUT2D eigenvalue weighted by Crippen LogP contribution is -2.47. The Morgan fingerprint density at radius 3 is 2.62 bits per heavy atom. The number of fused-ring (bicyclic) bond motifs is 1. The molecule has 1 aromatic carbocycles. The number of amides is 1. The van der Waals surface area contributed by atoms with E-state index in [0.717, 1.165) is 51.1 Å². The van der Waals surface area contributed by atoms with Crippen LogP contribution < -0.4 is 0 Å². The largest absolute Gasteiger partial charge is 0.354 e. The second-order valence-electron chi connectivity index (χ2n) is 7.13. The van der Waals surface area contributed by atoms with Gasteiger partial charge in [0.05, 0.1) is 0 Å². The van der Waals surface area contributed by atoms with Crippen molar-refractivity contribution in [1.29, 1.82) is 0 Å². The predicted octanol–water partition coefficient (Wildman–Crippen LogP) is 2.67. The van der Waals surface area contributed by atoms with Gasteiger partial charge in [-0.25, -0.2) is 0 Å². The Kier molecular flexibility index (Phi) is 4.15.